The molecule has 0 nitrogen and oxygen atoms in total. The Kier molecular flexibility index (Phi) is 6.48. The standard InChI is InChI=1S/C19H29S/c1-4-7-10-15-13-14-18-19(15)16(11-8-5-2)17(20-18)12-9-6-3/h13-14H,4-12H2,1-3H3. The van der Waals surface area contributed by atoms with Gasteiger partial charge in [0.15, 0.2) is 0 Å². The Hall–Kier alpha value is -0.430. The van der Waals surface area contributed by atoms with Gasteiger partial charge < -0.3 is 0 Å². The van der Waals surface area contributed by atoms with Gasteiger partial charge in [-0.05, 0) is 54.9 Å². The average molecular weight is 290 g/mol. The Morgan fingerprint density at radius 2 is 1.45 bits per heavy atom. The Bertz CT molecular complexity index is 411. The van der Waals surface area contributed by atoms with Crippen LogP contribution in [0.25, 0.3) is 0 Å². The minimum atomic E-state index is 1.27. The number of hydrogen-bond acceptors (Lipinski definition) is 1. The highest BCUT2D eigenvalue weighted by atomic mass is 32.2. The molecule has 111 valence electrons. The summed E-state index contributed by atoms with van der Waals surface area (Å²) < 4.78 is 0. The first-order valence-corrected chi connectivity index (χ1v) is 9.32. The Labute approximate surface area is 129 Å². The van der Waals surface area contributed by atoms with Crippen molar-refractivity contribution in [3.63, 3.8) is 0 Å². The molecule has 0 atom stereocenters. The molecule has 1 aliphatic carbocycles. The molecule has 0 fully saturated rings. The van der Waals surface area contributed by atoms with E-state index in [1.54, 1.807) is 26.9 Å². The molecule has 1 heterocycles. The zero-order chi connectivity index (χ0) is 14.4. The van der Waals surface area contributed by atoms with Gasteiger partial charge in [-0.1, -0.05) is 52.5 Å². The fourth-order valence-corrected chi connectivity index (χ4v) is 4.33. The molecule has 0 amide bonds. The quantitative estimate of drug-likeness (QED) is 0.442. The molecule has 1 aliphatic heterocycles. The van der Waals surface area contributed by atoms with Crippen LogP contribution in [0.4, 0.5) is 0 Å². The molecule has 0 bridgehead atoms. The van der Waals surface area contributed by atoms with Crippen molar-refractivity contribution in [1.82, 2.24) is 0 Å². The third-order valence-corrected chi connectivity index (χ3v) is 5.47. The largest absolute Gasteiger partial charge is 0.112 e. The Morgan fingerprint density at radius 1 is 0.800 bits per heavy atom. The summed E-state index contributed by atoms with van der Waals surface area (Å²) in [5.74, 6) is 0. The van der Waals surface area contributed by atoms with Crippen LogP contribution >= 0.6 is 11.8 Å². The predicted octanol–water partition coefficient (Wildman–Crippen LogP) is 6.96. The van der Waals surface area contributed by atoms with Gasteiger partial charge in [-0.2, -0.15) is 0 Å². The highest BCUT2D eigenvalue weighted by molar-refractivity contribution is 8.06. The molecule has 0 saturated heterocycles. The summed E-state index contributed by atoms with van der Waals surface area (Å²) in [4.78, 5) is 1.55. The number of unbranched alkanes of at least 4 members (excludes halogenated alkanes) is 3. The lowest BCUT2D eigenvalue weighted by molar-refractivity contribution is 0.736. The monoisotopic (exact) mass is 289 g/mol. The maximum absolute atomic E-state index is 2.38. The number of allylic oxidation sites excluding steroid dienone is 4. The molecule has 0 unspecified atom stereocenters. The second-order valence-electron chi connectivity index (χ2n) is 5.91. The molecule has 1 heteroatoms. The van der Waals surface area contributed by atoms with Crippen LogP contribution in [0.15, 0.2) is 33.8 Å². The molecule has 0 aromatic carbocycles. The molecule has 0 aromatic rings. The molecule has 20 heavy (non-hydrogen) atoms. The lowest BCUT2D eigenvalue weighted by Crippen LogP contribution is -1.97. The van der Waals surface area contributed by atoms with Gasteiger partial charge in [0.2, 0.25) is 0 Å². The van der Waals surface area contributed by atoms with Crippen molar-refractivity contribution >= 4 is 11.8 Å². The fraction of sp³-hybridized carbons (Fsp3) is 0.632. The topological polar surface area (TPSA) is 0 Å². The number of rotatable bonds is 9. The van der Waals surface area contributed by atoms with E-state index in [2.05, 4.69) is 44.7 Å². The van der Waals surface area contributed by atoms with Crippen LogP contribution in [-0.2, 0) is 0 Å². The summed E-state index contributed by atoms with van der Waals surface area (Å²) in [5, 5.41) is 1.68. The first kappa shape index (κ1) is 15.9. The van der Waals surface area contributed by atoms with Gasteiger partial charge in [0, 0.05) is 4.91 Å². The van der Waals surface area contributed by atoms with Crippen molar-refractivity contribution in [3.05, 3.63) is 39.0 Å². The van der Waals surface area contributed by atoms with E-state index in [1.165, 1.54) is 57.8 Å². The molecule has 0 saturated carbocycles. The molecular formula is C19H29S. The maximum Gasteiger partial charge on any atom is 0.0612 e. The summed E-state index contributed by atoms with van der Waals surface area (Å²) in [5.41, 5.74) is 4.96. The van der Waals surface area contributed by atoms with Crippen LogP contribution in [0, 0.1) is 5.25 Å². The van der Waals surface area contributed by atoms with Crippen molar-refractivity contribution in [2.45, 2.75) is 78.6 Å². The number of hydrogen-bond donors (Lipinski definition) is 0. The summed E-state index contributed by atoms with van der Waals surface area (Å²) in [7, 11) is 0. The highest BCUT2D eigenvalue weighted by Crippen LogP contribution is 2.55. The molecular weight excluding hydrogens is 260 g/mol. The average Bonchev–Trinajstić information content (AvgIpc) is 3.00. The van der Waals surface area contributed by atoms with E-state index in [-0.39, 0.29) is 0 Å². The van der Waals surface area contributed by atoms with Crippen molar-refractivity contribution in [2.75, 3.05) is 0 Å². The second-order valence-corrected chi connectivity index (χ2v) is 7.05. The van der Waals surface area contributed by atoms with Gasteiger partial charge in [0.1, 0.15) is 0 Å². The normalized spacial score (nSPS) is 18.6. The molecule has 2 aliphatic rings. The summed E-state index contributed by atoms with van der Waals surface area (Å²) >= 11 is 2.07. The van der Waals surface area contributed by atoms with Gasteiger partial charge in [0.25, 0.3) is 0 Å². The smallest absolute Gasteiger partial charge is 0.0612 e. The first-order chi connectivity index (χ1) is 9.81. The number of thioether (sulfide) groups is 1. The third kappa shape index (κ3) is 3.61. The minimum absolute atomic E-state index is 1.27. The van der Waals surface area contributed by atoms with Crippen LogP contribution in [0.1, 0.15) is 78.6 Å². The lowest BCUT2D eigenvalue weighted by Gasteiger charge is -2.14. The van der Waals surface area contributed by atoms with Gasteiger partial charge in [0.05, 0.1) is 5.25 Å². The van der Waals surface area contributed by atoms with Gasteiger partial charge >= 0.3 is 0 Å². The van der Waals surface area contributed by atoms with E-state index in [1.807, 2.05) is 0 Å². The zero-order valence-electron chi connectivity index (χ0n) is 13.4. The van der Waals surface area contributed by atoms with Gasteiger partial charge in [-0.3, -0.25) is 0 Å². The van der Waals surface area contributed by atoms with Crippen LogP contribution < -0.4 is 0 Å². The zero-order valence-corrected chi connectivity index (χ0v) is 14.2. The van der Waals surface area contributed by atoms with Gasteiger partial charge in [-0.15, -0.1) is 11.8 Å². The van der Waals surface area contributed by atoms with Crippen LogP contribution in [0.2, 0.25) is 0 Å². The molecule has 2 rings (SSSR count). The molecule has 0 N–H and O–H groups in total. The Morgan fingerprint density at radius 3 is 2.15 bits per heavy atom. The van der Waals surface area contributed by atoms with Gasteiger partial charge in [-0.25, -0.2) is 0 Å². The van der Waals surface area contributed by atoms with E-state index in [0.29, 0.717) is 0 Å². The molecule has 1 radical (unpaired) electrons. The SMILES string of the molecule is CCCC[C]1SC2=CC=C(CCCC)C2=C1CCCC. The predicted molar refractivity (Wildman–Crippen MR) is 92.6 cm³/mol. The van der Waals surface area contributed by atoms with Crippen molar-refractivity contribution in [1.29, 1.82) is 0 Å². The van der Waals surface area contributed by atoms with Crippen LogP contribution in [-0.4, -0.2) is 0 Å². The van der Waals surface area contributed by atoms with Crippen molar-refractivity contribution in [2.24, 2.45) is 0 Å². The summed E-state index contributed by atoms with van der Waals surface area (Å²) in [6.07, 6.45) is 16.5. The van der Waals surface area contributed by atoms with Crippen molar-refractivity contribution < 1.29 is 0 Å². The van der Waals surface area contributed by atoms with E-state index in [4.69, 9.17) is 0 Å². The maximum atomic E-state index is 2.38. The summed E-state index contributed by atoms with van der Waals surface area (Å²) in [6.45, 7) is 6.89. The number of fused-ring (bicyclic) bond motifs is 1. The Balaban J connectivity index is 2.14. The second kappa shape index (κ2) is 8.12. The minimum Gasteiger partial charge on any atom is -0.112 e. The van der Waals surface area contributed by atoms with Crippen LogP contribution in [0.3, 0.4) is 0 Å². The van der Waals surface area contributed by atoms with E-state index in [0.717, 1.165) is 0 Å². The lowest BCUT2D eigenvalue weighted by atomic mass is 9.92. The van der Waals surface area contributed by atoms with E-state index >= 15 is 0 Å². The van der Waals surface area contributed by atoms with E-state index in [9.17, 15) is 0 Å². The first-order valence-electron chi connectivity index (χ1n) is 8.50. The molecule has 0 aromatic heterocycles. The van der Waals surface area contributed by atoms with Crippen LogP contribution in [0.5, 0.6) is 0 Å². The fourth-order valence-electron chi connectivity index (χ4n) is 3.00. The summed E-state index contributed by atoms with van der Waals surface area (Å²) in [6, 6.07) is 0. The molecule has 0 spiro atoms. The third-order valence-electron chi connectivity index (χ3n) is 4.21. The van der Waals surface area contributed by atoms with E-state index < -0.39 is 0 Å². The van der Waals surface area contributed by atoms with Crippen molar-refractivity contribution in [3.8, 4) is 0 Å². The highest BCUT2D eigenvalue weighted by Gasteiger charge is 2.33.